The highest BCUT2D eigenvalue weighted by Crippen LogP contribution is 2.31. The number of anilines is 1. The van der Waals surface area contributed by atoms with E-state index in [-0.39, 0.29) is 0 Å². The molecule has 19 heavy (non-hydrogen) atoms. The van der Waals surface area contributed by atoms with E-state index in [1.54, 1.807) is 0 Å². The highest BCUT2D eigenvalue weighted by atomic mass is 15.2. The van der Waals surface area contributed by atoms with Crippen LogP contribution >= 0.6 is 0 Å². The normalized spacial score (nSPS) is 18.6. The molecule has 1 aliphatic rings. The van der Waals surface area contributed by atoms with Crippen LogP contribution in [0.1, 0.15) is 51.3 Å². The first kappa shape index (κ1) is 14.3. The maximum Gasteiger partial charge on any atom is 0.129 e. The van der Waals surface area contributed by atoms with E-state index in [9.17, 15) is 0 Å². The van der Waals surface area contributed by atoms with Crippen LogP contribution in [0, 0.1) is 5.41 Å². The molecular weight excluding hydrogens is 234 g/mol. The van der Waals surface area contributed by atoms with Crippen LogP contribution in [-0.4, -0.2) is 18.1 Å². The molecule has 0 spiro atoms. The van der Waals surface area contributed by atoms with Crippen LogP contribution in [0.5, 0.6) is 0 Å². The van der Waals surface area contributed by atoms with Gasteiger partial charge in [0.2, 0.25) is 0 Å². The molecule has 0 aliphatic carbocycles. The Kier molecular flexibility index (Phi) is 4.46. The molecule has 1 aromatic heterocycles. The summed E-state index contributed by atoms with van der Waals surface area (Å²) in [5.41, 5.74) is 8.60. The molecule has 0 unspecified atom stereocenters. The fourth-order valence-electron chi connectivity index (χ4n) is 2.92. The Hall–Kier alpha value is -1.09. The molecule has 3 nitrogen and oxygen atoms in total. The smallest absolute Gasteiger partial charge is 0.129 e. The van der Waals surface area contributed by atoms with Crippen LogP contribution in [0.15, 0.2) is 12.1 Å². The molecule has 2 N–H and O–H groups in total. The maximum absolute atomic E-state index is 5.82. The van der Waals surface area contributed by atoms with Crippen molar-refractivity contribution in [3.8, 4) is 0 Å². The third-order valence-corrected chi connectivity index (χ3v) is 3.89. The van der Waals surface area contributed by atoms with Gasteiger partial charge >= 0.3 is 0 Å². The van der Waals surface area contributed by atoms with Crippen molar-refractivity contribution in [2.45, 2.75) is 53.0 Å². The van der Waals surface area contributed by atoms with E-state index in [1.165, 1.54) is 24.1 Å². The van der Waals surface area contributed by atoms with Crippen LogP contribution in [-0.2, 0) is 13.0 Å². The van der Waals surface area contributed by atoms with E-state index in [4.69, 9.17) is 10.7 Å². The Bertz CT molecular complexity index is 426. The average molecular weight is 261 g/mol. The van der Waals surface area contributed by atoms with Gasteiger partial charge in [0.05, 0.1) is 0 Å². The Labute approximate surface area is 117 Å². The predicted molar refractivity (Wildman–Crippen MR) is 81.4 cm³/mol. The molecule has 2 rings (SSSR count). The molecule has 1 fully saturated rings. The fourth-order valence-corrected chi connectivity index (χ4v) is 2.92. The Morgan fingerprint density at radius 1 is 1.37 bits per heavy atom. The standard InChI is InChI=1S/C16H27N3/c1-4-6-14-9-13(11-17)10-15(18-14)19-8-5-7-16(2,3)12-19/h9-10H,4-8,11-12,17H2,1-3H3. The number of hydrogen-bond acceptors (Lipinski definition) is 3. The average Bonchev–Trinajstić information content (AvgIpc) is 2.37. The van der Waals surface area contributed by atoms with E-state index in [1.807, 2.05) is 0 Å². The summed E-state index contributed by atoms with van der Waals surface area (Å²) in [7, 11) is 0. The quantitative estimate of drug-likeness (QED) is 0.905. The van der Waals surface area contributed by atoms with Crippen LogP contribution < -0.4 is 10.6 Å². The predicted octanol–water partition coefficient (Wildman–Crippen LogP) is 3.12. The number of aryl methyl sites for hydroxylation is 1. The lowest BCUT2D eigenvalue weighted by Crippen LogP contribution is -2.40. The van der Waals surface area contributed by atoms with Gasteiger partial charge in [0.15, 0.2) is 0 Å². The maximum atomic E-state index is 5.82. The largest absolute Gasteiger partial charge is 0.356 e. The second-order valence-corrected chi connectivity index (χ2v) is 6.47. The third-order valence-electron chi connectivity index (χ3n) is 3.89. The molecule has 1 saturated heterocycles. The van der Waals surface area contributed by atoms with Crippen molar-refractivity contribution in [3.05, 3.63) is 23.4 Å². The summed E-state index contributed by atoms with van der Waals surface area (Å²) in [6.45, 7) is 9.71. The molecule has 0 atom stereocenters. The second kappa shape index (κ2) is 5.91. The van der Waals surface area contributed by atoms with Crippen molar-refractivity contribution in [1.29, 1.82) is 0 Å². The van der Waals surface area contributed by atoms with Crippen LogP contribution in [0.3, 0.4) is 0 Å². The molecular formula is C16H27N3. The summed E-state index contributed by atoms with van der Waals surface area (Å²) >= 11 is 0. The van der Waals surface area contributed by atoms with Crippen molar-refractivity contribution < 1.29 is 0 Å². The SMILES string of the molecule is CCCc1cc(CN)cc(N2CCCC(C)(C)C2)n1. The zero-order chi connectivity index (χ0) is 13.9. The first-order valence-electron chi connectivity index (χ1n) is 7.49. The zero-order valence-electron chi connectivity index (χ0n) is 12.6. The van der Waals surface area contributed by atoms with Crippen molar-refractivity contribution in [1.82, 2.24) is 4.98 Å². The van der Waals surface area contributed by atoms with Crippen molar-refractivity contribution >= 4 is 5.82 Å². The molecule has 0 bridgehead atoms. The first-order chi connectivity index (χ1) is 9.04. The van der Waals surface area contributed by atoms with Crippen molar-refractivity contribution in [2.24, 2.45) is 11.1 Å². The van der Waals surface area contributed by atoms with Gasteiger partial charge in [-0.3, -0.25) is 0 Å². The molecule has 106 valence electrons. The first-order valence-corrected chi connectivity index (χ1v) is 7.49. The van der Waals surface area contributed by atoms with Gasteiger partial charge in [-0.15, -0.1) is 0 Å². The molecule has 2 heterocycles. The number of piperidine rings is 1. The number of pyridine rings is 1. The molecule has 1 aliphatic heterocycles. The number of aromatic nitrogens is 1. The zero-order valence-corrected chi connectivity index (χ0v) is 12.6. The highest BCUT2D eigenvalue weighted by Gasteiger charge is 2.27. The van der Waals surface area contributed by atoms with Crippen molar-refractivity contribution in [2.75, 3.05) is 18.0 Å². The summed E-state index contributed by atoms with van der Waals surface area (Å²) in [5, 5.41) is 0. The summed E-state index contributed by atoms with van der Waals surface area (Å²) in [4.78, 5) is 7.26. The van der Waals surface area contributed by atoms with Gasteiger partial charge in [-0.2, -0.15) is 0 Å². The van der Waals surface area contributed by atoms with E-state index in [0.717, 1.165) is 31.7 Å². The molecule has 0 radical (unpaired) electrons. The number of nitrogens with zero attached hydrogens (tertiary/aromatic N) is 2. The van der Waals surface area contributed by atoms with Gasteiger partial charge in [-0.1, -0.05) is 27.2 Å². The Morgan fingerprint density at radius 3 is 2.79 bits per heavy atom. The number of nitrogens with two attached hydrogens (primary N) is 1. The minimum atomic E-state index is 0.392. The minimum absolute atomic E-state index is 0.392. The van der Waals surface area contributed by atoms with Crippen LogP contribution in [0.2, 0.25) is 0 Å². The lowest BCUT2D eigenvalue weighted by Gasteiger charge is -2.39. The van der Waals surface area contributed by atoms with E-state index in [2.05, 4.69) is 37.8 Å². The summed E-state index contributed by atoms with van der Waals surface area (Å²) in [6.07, 6.45) is 4.73. The second-order valence-electron chi connectivity index (χ2n) is 6.47. The van der Waals surface area contributed by atoms with Gasteiger partial charge in [-0.05, 0) is 42.4 Å². The van der Waals surface area contributed by atoms with Gasteiger partial charge < -0.3 is 10.6 Å². The summed E-state index contributed by atoms with van der Waals surface area (Å²) in [5.74, 6) is 1.12. The van der Waals surface area contributed by atoms with Gasteiger partial charge in [0.1, 0.15) is 5.82 Å². The van der Waals surface area contributed by atoms with E-state index < -0.39 is 0 Å². The summed E-state index contributed by atoms with van der Waals surface area (Å²) in [6, 6.07) is 4.32. The fraction of sp³-hybridized carbons (Fsp3) is 0.688. The number of rotatable bonds is 4. The molecule has 0 amide bonds. The lowest BCUT2D eigenvalue weighted by molar-refractivity contribution is 0.292. The Balaban J connectivity index is 2.25. The minimum Gasteiger partial charge on any atom is -0.356 e. The Morgan fingerprint density at radius 2 is 2.16 bits per heavy atom. The van der Waals surface area contributed by atoms with E-state index in [0.29, 0.717) is 12.0 Å². The van der Waals surface area contributed by atoms with E-state index >= 15 is 0 Å². The van der Waals surface area contributed by atoms with Gasteiger partial charge in [0.25, 0.3) is 0 Å². The number of hydrogen-bond donors (Lipinski definition) is 1. The molecule has 0 saturated carbocycles. The van der Waals surface area contributed by atoms with Crippen LogP contribution in [0.25, 0.3) is 0 Å². The van der Waals surface area contributed by atoms with Crippen molar-refractivity contribution in [3.63, 3.8) is 0 Å². The molecule has 1 aromatic rings. The summed E-state index contributed by atoms with van der Waals surface area (Å²) < 4.78 is 0. The molecule has 0 aromatic carbocycles. The monoisotopic (exact) mass is 261 g/mol. The molecule has 3 heteroatoms. The van der Waals surface area contributed by atoms with Gasteiger partial charge in [-0.25, -0.2) is 4.98 Å². The third kappa shape index (κ3) is 3.69. The highest BCUT2D eigenvalue weighted by molar-refractivity contribution is 5.43. The van der Waals surface area contributed by atoms with Gasteiger partial charge in [0, 0.05) is 25.3 Å². The van der Waals surface area contributed by atoms with Crippen LogP contribution in [0.4, 0.5) is 5.82 Å². The topological polar surface area (TPSA) is 42.1 Å². The lowest BCUT2D eigenvalue weighted by atomic mass is 9.84.